The van der Waals surface area contributed by atoms with E-state index in [1.807, 2.05) is 18.2 Å². The number of hydroxylamine groups is 2. The van der Waals surface area contributed by atoms with Crippen molar-refractivity contribution in [1.29, 1.82) is 0 Å². The van der Waals surface area contributed by atoms with E-state index in [1.54, 1.807) is 23.3 Å². The zero-order chi connectivity index (χ0) is 35.9. The predicted octanol–water partition coefficient (Wildman–Crippen LogP) is 3.41. The summed E-state index contributed by atoms with van der Waals surface area (Å²) >= 11 is 0. The summed E-state index contributed by atoms with van der Waals surface area (Å²) in [5.74, 6) is -0.759. The predicted molar refractivity (Wildman–Crippen MR) is 188 cm³/mol. The first kappa shape index (κ1) is 33.9. The van der Waals surface area contributed by atoms with Gasteiger partial charge in [-0.3, -0.25) is 19.2 Å². The van der Waals surface area contributed by atoms with Crippen LogP contribution in [0.3, 0.4) is 0 Å². The molecule has 2 aromatic rings. The first-order valence-corrected chi connectivity index (χ1v) is 19.5. The number of ether oxygens (including phenoxy) is 4. The van der Waals surface area contributed by atoms with Gasteiger partial charge in [-0.1, -0.05) is 48.6 Å². The SMILES string of the molecule is O=C(NCCO)c1cccc(CNC(=O)C23CC4OC(=O)C2N(Cc2cccc(C=CC5CCC6OC6C5)c2)OC3C2OC(C3CC3)(C3CC3)OC42)c1. The van der Waals surface area contributed by atoms with Gasteiger partial charge in [-0.15, -0.1) is 0 Å². The van der Waals surface area contributed by atoms with Gasteiger partial charge in [0.25, 0.3) is 5.91 Å². The Hall–Kier alpha value is -3.65. The summed E-state index contributed by atoms with van der Waals surface area (Å²) in [6, 6.07) is 14.2. The van der Waals surface area contributed by atoms with Gasteiger partial charge >= 0.3 is 5.97 Å². The second kappa shape index (κ2) is 13.0. The molecule has 12 nitrogen and oxygen atoms in total. The summed E-state index contributed by atoms with van der Waals surface area (Å²) in [4.78, 5) is 48.4. The lowest BCUT2D eigenvalue weighted by atomic mass is 9.62. The average Bonchev–Trinajstić information content (AvgIpc) is 4.07. The van der Waals surface area contributed by atoms with E-state index < -0.39 is 47.6 Å². The van der Waals surface area contributed by atoms with Gasteiger partial charge in [0.05, 0.1) is 25.4 Å². The molecule has 4 saturated heterocycles. The summed E-state index contributed by atoms with van der Waals surface area (Å²) < 4.78 is 25.8. The molecule has 8 fully saturated rings. The molecule has 0 spiro atoms. The third-order valence-electron chi connectivity index (χ3n) is 12.8. The third-order valence-corrected chi connectivity index (χ3v) is 12.8. The number of carbonyl (C=O) groups is 3. The molecule has 4 saturated carbocycles. The number of carbonyl (C=O) groups excluding carboxylic acids is 3. The molecule has 8 aliphatic rings. The molecule has 4 aliphatic carbocycles. The van der Waals surface area contributed by atoms with Crippen LogP contribution in [0.4, 0.5) is 0 Å². The summed E-state index contributed by atoms with van der Waals surface area (Å²) in [5.41, 5.74) is 1.88. The van der Waals surface area contributed by atoms with Crippen LogP contribution in [-0.2, 0) is 46.5 Å². The van der Waals surface area contributed by atoms with Gasteiger partial charge in [0.15, 0.2) is 11.8 Å². The number of hydrogen-bond acceptors (Lipinski definition) is 10. The Labute approximate surface area is 308 Å². The van der Waals surface area contributed by atoms with Crippen LogP contribution in [0.15, 0.2) is 54.6 Å². The maximum atomic E-state index is 14.8. The zero-order valence-corrected chi connectivity index (χ0v) is 29.7. The number of amides is 2. The summed E-state index contributed by atoms with van der Waals surface area (Å²) in [5, 5.41) is 16.6. The van der Waals surface area contributed by atoms with E-state index in [0.29, 0.717) is 35.5 Å². The van der Waals surface area contributed by atoms with Crippen molar-refractivity contribution in [2.75, 3.05) is 13.2 Å². The van der Waals surface area contributed by atoms with E-state index in [4.69, 9.17) is 28.9 Å². The highest BCUT2D eigenvalue weighted by Crippen LogP contribution is 2.63. The number of nitrogens with zero attached hydrogens (tertiary/aromatic N) is 1. The van der Waals surface area contributed by atoms with Crippen molar-refractivity contribution in [2.45, 2.75) is 113 Å². The van der Waals surface area contributed by atoms with Gasteiger partial charge in [-0.25, -0.2) is 0 Å². The fraction of sp³-hybridized carbons (Fsp3) is 0.585. The smallest absolute Gasteiger partial charge is 0.327 e. The van der Waals surface area contributed by atoms with E-state index in [0.717, 1.165) is 61.6 Å². The number of aliphatic hydroxyl groups is 1. The normalized spacial score (nSPS) is 36.4. The van der Waals surface area contributed by atoms with Crippen LogP contribution in [0.25, 0.3) is 6.08 Å². The number of benzene rings is 2. The van der Waals surface area contributed by atoms with Crippen LogP contribution >= 0.6 is 0 Å². The fourth-order valence-corrected chi connectivity index (χ4v) is 9.94. The van der Waals surface area contributed by atoms with Gasteiger partial charge in [0.1, 0.15) is 29.8 Å². The molecule has 9 unspecified atom stereocenters. The monoisotopic (exact) mass is 725 g/mol. The van der Waals surface area contributed by atoms with E-state index >= 15 is 0 Å². The lowest BCUT2D eigenvalue weighted by molar-refractivity contribution is -0.235. The van der Waals surface area contributed by atoms with Crippen LogP contribution in [0, 0.1) is 23.2 Å². The van der Waals surface area contributed by atoms with Crippen molar-refractivity contribution in [3.05, 3.63) is 76.9 Å². The minimum atomic E-state index is -1.29. The molecule has 9 atom stereocenters. The molecule has 2 amide bonds. The van der Waals surface area contributed by atoms with Gasteiger partial charge in [-0.2, -0.15) is 5.06 Å². The second-order valence-corrected chi connectivity index (χ2v) is 16.4. The van der Waals surface area contributed by atoms with Gasteiger partial charge in [0, 0.05) is 36.9 Å². The molecule has 4 aliphatic heterocycles. The third kappa shape index (κ3) is 5.93. The van der Waals surface area contributed by atoms with Gasteiger partial charge < -0.3 is 34.7 Å². The standard InChI is InChI=1S/C41H47N3O9/c45-16-15-42-37(46)27-6-2-4-25(18-27)21-43-39(48)40-20-32-33-34(52-41(51-33,28-10-11-28)29-12-13-29)36(40)53-44(35(40)38(47)50-32)22-26-5-1-3-23(17-26)7-8-24-9-14-30-31(19-24)49-30/h1-8,17-18,24,28-36,45H,9-16,19-22H2,(H,42,46)(H,43,48). The summed E-state index contributed by atoms with van der Waals surface area (Å²) in [6.45, 7) is 0.405. The minimum absolute atomic E-state index is 0.142. The Morgan fingerprint density at radius 1 is 0.906 bits per heavy atom. The molecule has 3 N–H and O–H groups in total. The highest BCUT2D eigenvalue weighted by molar-refractivity contribution is 5.95. The van der Waals surface area contributed by atoms with Crippen LogP contribution in [0.2, 0.25) is 0 Å². The highest BCUT2D eigenvalue weighted by atomic mass is 16.8. The second-order valence-electron chi connectivity index (χ2n) is 16.4. The molecule has 0 aromatic heterocycles. The molecular weight excluding hydrogens is 678 g/mol. The molecule has 53 heavy (non-hydrogen) atoms. The molecule has 4 heterocycles. The molecular formula is C41H47N3O9. The van der Waals surface area contributed by atoms with Crippen molar-refractivity contribution in [2.24, 2.45) is 23.2 Å². The Morgan fingerprint density at radius 2 is 1.70 bits per heavy atom. The van der Waals surface area contributed by atoms with Crippen molar-refractivity contribution in [3.63, 3.8) is 0 Å². The van der Waals surface area contributed by atoms with E-state index in [-0.39, 0.29) is 44.5 Å². The Morgan fingerprint density at radius 3 is 2.49 bits per heavy atom. The van der Waals surface area contributed by atoms with Gasteiger partial charge in [-0.05, 0) is 79.7 Å². The first-order valence-electron chi connectivity index (χ1n) is 19.5. The largest absolute Gasteiger partial charge is 0.458 e. The van der Waals surface area contributed by atoms with Crippen molar-refractivity contribution in [3.8, 4) is 0 Å². The Kier molecular flexibility index (Phi) is 8.31. The lowest BCUT2D eigenvalue weighted by Crippen LogP contribution is -2.69. The number of fused-ring (bicyclic) bond motifs is 5. The number of epoxide rings is 1. The van der Waals surface area contributed by atoms with Crippen LogP contribution in [-0.4, -0.2) is 89.6 Å². The molecule has 2 bridgehead atoms. The van der Waals surface area contributed by atoms with Crippen LogP contribution in [0.5, 0.6) is 0 Å². The number of esters is 1. The topological polar surface area (TPSA) is 148 Å². The number of hydrogen-bond donors (Lipinski definition) is 3. The summed E-state index contributed by atoms with van der Waals surface area (Å²) in [6.07, 6.45) is 10.5. The Balaban J connectivity index is 0.934. The highest BCUT2D eigenvalue weighted by Gasteiger charge is 2.78. The number of aliphatic hydroxyl groups excluding tert-OH is 1. The molecule has 280 valence electrons. The minimum Gasteiger partial charge on any atom is -0.458 e. The van der Waals surface area contributed by atoms with Crippen molar-refractivity contribution in [1.82, 2.24) is 15.7 Å². The van der Waals surface area contributed by atoms with Crippen molar-refractivity contribution >= 4 is 23.9 Å². The summed E-state index contributed by atoms with van der Waals surface area (Å²) in [7, 11) is 0. The molecule has 2 aromatic carbocycles. The van der Waals surface area contributed by atoms with Gasteiger partial charge in [0.2, 0.25) is 5.91 Å². The lowest BCUT2D eigenvalue weighted by Gasteiger charge is -2.48. The zero-order valence-electron chi connectivity index (χ0n) is 29.7. The molecule has 0 radical (unpaired) electrons. The number of allylic oxidation sites excluding steroid dienone is 1. The molecule has 10 rings (SSSR count). The van der Waals surface area contributed by atoms with Crippen molar-refractivity contribution < 1.29 is 43.3 Å². The quantitative estimate of drug-likeness (QED) is 0.220. The maximum Gasteiger partial charge on any atom is 0.327 e. The van der Waals surface area contributed by atoms with E-state index in [2.05, 4.69) is 34.9 Å². The van der Waals surface area contributed by atoms with E-state index in [9.17, 15) is 14.4 Å². The average molecular weight is 726 g/mol. The van der Waals surface area contributed by atoms with E-state index in [1.165, 1.54) is 0 Å². The fourth-order valence-electron chi connectivity index (χ4n) is 9.94. The Bertz CT molecular complexity index is 1810. The number of nitrogens with one attached hydrogen (secondary N) is 2. The molecule has 12 heteroatoms. The maximum absolute atomic E-state index is 14.8. The van der Waals surface area contributed by atoms with Crippen LogP contribution in [0.1, 0.15) is 78.4 Å². The first-order chi connectivity index (χ1) is 25.8. The number of rotatable bonds is 12. The van der Waals surface area contributed by atoms with Crippen LogP contribution < -0.4 is 10.6 Å².